The smallest absolute Gasteiger partial charge is 0.169 e. The fraction of sp³-hybridized carbons (Fsp3) is 0.500. The van der Waals surface area contributed by atoms with Crippen LogP contribution in [0.1, 0.15) is 18.1 Å². The van der Waals surface area contributed by atoms with Crippen LogP contribution in [0.25, 0.3) is 0 Å². The quantitative estimate of drug-likeness (QED) is 0.716. The van der Waals surface area contributed by atoms with Crippen LogP contribution in [0.3, 0.4) is 0 Å². The molecule has 1 aliphatic carbocycles. The van der Waals surface area contributed by atoms with Crippen molar-refractivity contribution in [3.05, 3.63) is 22.6 Å². The lowest BCUT2D eigenvalue weighted by atomic mass is 10.3. The lowest BCUT2D eigenvalue weighted by molar-refractivity contribution is 0.485. The van der Waals surface area contributed by atoms with Crippen LogP contribution in [-0.4, -0.2) is 5.88 Å². The maximum Gasteiger partial charge on any atom is 0.169 e. The van der Waals surface area contributed by atoms with Gasteiger partial charge in [0.2, 0.25) is 0 Å². The van der Waals surface area contributed by atoms with Gasteiger partial charge < -0.3 is 4.42 Å². The van der Waals surface area contributed by atoms with Gasteiger partial charge in [0.15, 0.2) is 4.67 Å². The summed E-state index contributed by atoms with van der Waals surface area (Å²) in [5.74, 6) is 3.05. The van der Waals surface area contributed by atoms with Crippen molar-refractivity contribution in [3.8, 4) is 0 Å². The molecule has 1 heterocycles. The Bertz CT molecular complexity index is 258. The summed E-state index contributed by atoms with van der Waals surface area (Å²) in [6.45, 7) is 0. The van der Waals surface area contributed by atoms with Gasteiger partial charge in [0.25, 0.3) is 0 Å². The summed E-state index contributed by atoms with van der Waals surface area (Å²) in [6.07, 6.45) is 1.18. The zero-order valence-corrected chi connectivity index (χ0v) is 8.23. The maximum atomic E-state index is 5.70. The van der Waals surface area contributed by atoms with Crippen molar-refractivity contribution in [1.82, 2.24) is 0 Å². The summed E-state index contributed by atoms with van der Waals surface area (Å²) in [4.78, 5) is 0. The van der Waals surface area contributed by atoms with Gasteiger partial charge in [-0.05, 0) is 40.4 Å². The zero-order chi connectivity index (χ0) is 7.84. The third-order valence-electron chi connectivity index (χ3n) is 2.08. The number of hydrogen-bond acceptors (Lipinski definition) is 1. The summed E-state index contributed by atoms with van der Waals surface area (Å²) in [7, 11) is 0. The molecule has 1 nitrogen and oxygen atoms in total. The predicted octanol–water partition coefficient (Wildman–Crippen LogP) is 3.38. The highest BCUT2D eigenvalue weighted by molar-refractivity contribution is 9.10. The molecule has 3 heteroatoms. The van der Waals surface area contributed by atoms with E-state index in [-0.39, 0.29) is 0 Å². The predicted molar refractivity (Wildman–Crippen MR) is 48.0 cm³/mol. The number of hydrogen-bond donors (Lipinski definition) is 0. The van der Waals surface area contributed by atoms with Gasteiger partial charge in [-0.1, -0.05) is 0 Å². The van der Waals surface area contributed by atoms with Crippen molar-refractivity contribution < 1.29 is 4.42 Å². The molecule has 0 radical (unpaired) electrons. The number of halogens is 2. The van der Waals surface area contributed by atoms with Gasteiger partial charge in [0, 0.05) is 11.8 Å². The second-order valence-electron chi connectivity index (χ2n) is 2.90. The van der Waals surface area contributed by atoms with E-state index < -0.39 is 0 Å². The third-order valence-corrected chi connectivity index (χ3v) is 2.90. The molecule has 2 unspecified atom stereocenters. The molecule has 1 aliphatic rings. The highest BCUT2D eigenvalue weighted by atomic mass is 79.9. The van der Waals surface area contributed by atoms with Crippen molar-refractivity contribution in [3.63, 3.8) is 0 Å². The molecule has 0 amide bonds. The van der Waals surface area contributed by atoms with Crippen molar-refractivity contribution in [2.45, 2.75) is 12.3 Å². The van der Waals surface area contributed by atoms with Crippen LogP contribution in [0.4, 0.5) is 0 Å². The number of furan rings is 1. The lowest BCUT2D eigenvalue weighted by Crippen LogP contribution is -1.80. The molecule has 2 atom stereocenters. The zero-order valence-electron chi connectivity index (χ0n) is 5.89. The molecule has 1 aromatic heterocycles. The first kappa shape index (κ1) is 7.69. The SMILES string of the molecule is ClCC1CC1c1ccc(Br)o1. The molecule has 0 bridgehead atoms. The molecule has 11 heavy (non-hydrogen) atoms. The van der Waals surface area contributed by atoms with Crippen molar-refractivity contribution in [2.75, 3.05) is 5.88 Å². The molecule has 2 rings (SSSR count). The summed E-state index contributed by atoms with van der Waals surface area (Å²) in [5, 5.41) is 0. The summed E-state index contributed by atoms with van der Waals surface area (Å²) in [6, 6.07) is 3.94. The molecule has 1 aromatic rings. The van der Waals surface area contributed by atoms with E-state index in [9.17, 15) is 0 Å². The molecule has 60 valence electrons. The highest BCUT2D eigenvalue weighted by Gasteiger charge is 2.39. The van der Waals surface area contributed by atoms with E-state index in [2.05, 4.69) is 15.9 Å². The highest BCUT2D eigenvalue weighted by Crippen LogP contribution is 2.48. The fourth-order valence-electron chi connectivity index (χ4n) is 1.29. The van der Waals surface area contributed by atoms with Gasteiger partial charge in [0.05, 0.1) is 0 Å². The van der Waals surface area contributed by atoms with Crippen molar-refractivity contribution >= 4 is 27.5 Å². The Morgan fingerprint density at radius 1 is 1.64 bits per heavy atom. The van der Waals surface area contributed by atoms with Gasteiger partial charge in [-0.25, -0.2) is 0 Å². The lowest BCUT2D eigenvalue weighted by Gasteiger charge is -1.89. The van der Waals surface area contributed by atoms with E-state index in [1.54, 1.807) is 0 Å². The fourth-order valence-corrected chi connectivity index (χ4v) is 1.95. The van der Waals surface area contributed by atoms with E-state index in [0.29, 0.717) is 11.8 Å². The Morgan fingerprint density at radius 2 is 2.45 bits per heavy atom. The normalized spacial score (nSPS) is 28.9. The van der Waals surface area contributed by atoms with Crippen LogP contribution in [0, 0.1) is 5.92 Å². The minimum atomic E-state index is 0.582. The standard InChI is InChI=1S/C8H8BrClO/c9-8-2-1-7(11-8)6-3-5(6)4-10/h1-2,5-6H,3-4H2. The summed E-state index contributed by atoms with van der Waals surface area (Å²) in [5.41, 5.74) is 0. The largest absolute Gasteiger partial charge is 0.454 e. The van der Waals surface area contributed by atoms with E-state index in [1.807, 2.05) is 12.1 Å². The first-order chi connectivity index (χ1) is 5.31. The molecule has 0 aliphatic heterocycles. The molecule has 1 saturated carbocycles. The average molecular weight is 236 g/mol. The van der Waals surface area contributed by atoms with Crippen LogP contribution in [0.15, 0.2) is 21.2 Å². The van der Waals surface area contributed by atoms with E-state index in [4.69, 9.17) is 16.0 Å². The molecule has 0 N–H and O–H groups in total. The Morgan fingerprint density at radius 3 is 2.91 bits per heavy atom. The van der Waals surface area contributed by atoms with Crippen LogP contribution in [0.2, 0.25) is 0 Å². The summed E-state index contributed by atoms with van der Waals surface area (Å²) < 4.78 is 6.21. The van der Waals surface area contributed by atoms with Crippen LogP contribution in [0.5, 0.6) is 0 Å². The van der Waals surface area contributed by atoms with Crippen molar-refractivity contribution in [1.29, 1.82) is 0 Å². The first-order valence-electron chi connectivity index (χ1n) is 3.62. The Kier molecular flexibility index (Phi) is 1.98. The second-order valence-corrected chi connectivity index (χ2v) is 3.99. The molecular formula is C8H8BrClO. The van der Waals surface area contributed by atoms with Crippen LogP contribution < -0.4 is 0 Å². The molecule has 1 fully saturated rings. The maximum absolute atomic E-state index is 5.70. The van der Waals surface area contributed by atoms with Gasteiger partial charge in [-0.3, -0.25) is 0 Å². The Balaban J connectivity index is 2.08. The van der Waals surface area contributed by atoms with Crippen LogP contribution in [-0.2, 0) is 0 Å². The Labute approximate surface area is 78.9 Å². The van der Waals surface area contributed by atoms with E-state index >= 15 is 0 Å². The van der Waals surface area contributed by atoms with E-state index in [0.717, 1.165) is 16.3 Å². The Hall–Kier alpha value is 0.0500. The average Bonchev–Trinajstić information content (AvgIpc) is 2.68. The molecule has 0 saturated heterocycles. The molecule has 0 aromatic carbocycles. The van der Waals surface area contributed by atoms with E-state index in [1.165, 1.54) is 6.42 Å². The molecular weight excluding hydrogens is 227 g/mol. The minimum absolute atomic E-state index is 0.582. The van der Waals surface area contributed by atoms with Gasteiger partial charge in [-0.2, -0.15) is 0 Å². The topological polar surface area (TPSA) is 13.1 Å². The van der Waals surface area contributed by atoms with Gasteiger partial charge >= 0.3 is 0 Å². The minimum Gasteiger partial charge on any atom is -0.454 e. The summed E-state index contributed by atoms with van der Waals surface area (Å²) >= 11 is 8.97. The van der Waals surface area contributed by atoms with Gasteiger partial charge in [0.1, 0.15) is 5.76 Å². The second kappa shape index (κ2) is 2.83. The third kappa shape index (κ3) is 1.47. The van der Waals surface area contributed by atoms with Crippen molar-refractivity contribution in [2.24, 2.45) is 5.92 Å². The monoisotopic (exact) mass is 234 g/mol. The molecule has 0 spiro atoms. The number of rotatable bonds is 2. The van der Waals surface area contributed by atoms with Gasteiger partial charge in [-0.15, -0.1) is 11.6 Å². The first-order valence-corrected chi connectivity index (χ1v) is 4.95. The van der Waals surface area contributed by atoms with Crippen LogP contribution >= 0.6 is 27.5 Å². The number of alkyl halides is 1.